The Morgan fingerprint density at radius 3 is 2.62 bits per heavy atom. The molecule has 2 aromatic rings. The summed E-state index contributed by atoms with van der Waals surface area (Å²) >= 11 is 0. The van der Waals surface area contributed by atoms with Crippen molar-refractivity contribution >= 4 is 11.6 Å². The number of nitrogens with zero attached hydrogens (tertiary/aromatic N) is 1. The number of rotatable bonds is 7. The zero-order valence-electron chi connectivity index (χ0n) is 15.1. The first-order valence-electron chi connectivity index (χ1n) is 9.28. The van der Waals surface area contributed by atoms with E-state index in [4.69, 9.17) is 10.5 Å². The number of hydrogen-bond donors (Lipinski definition) is 2. The molecular formula is C21H27N3O2. The van der Waals surface area contributed by atoms with Gasteiger partial charge in [0.1, 0.15) is 12.4 Å². The number of ether oxygens (including phenoxy) is 1. The van der Waals surface area contributed by atoms with Crippen molar-refractivity contribution in [1.82, 2.24) is 4.90 Å². The van der Waals surface area contributed by atoms with Gasteiger partial charge in [-0.15, -0.1) is 0 Å². The summed E-state index contributed by atoms with van der Waals surface area (Å²) in [4.78, 5) is 15.1. The van der Waals surface area contributed by atoms with E-state index in [1.54, 1.807) is 0 Å². The first-order valence-corrected chi connectivity index (χ1v) is 9.28. The van der Waals surface area contributed by atoms with Crippen molar-refractivity contribution in [2.45, 2.75) is 31.8 Å². The zero-order chi connectivity index (χ0) is 18.2. The molecule has 5 nitrogen and oxygen atoms in total. The monoisotopic (exact) mass is 353 g/mol. The summed E-state index contributed by atoms with van der Waals surface area (Å²) in [5.74, 6) is 0.827. The molecule has 1 aliphatic heterocycles. The van der Waals surface area contributed by atoms with Crippen molar-refractivity contribution in [2.24, 2.45) is 5.73 Å². The number of carbonyl (C=O) groups is 1. The van der Waals surface area contributed by atoms with Crippen LogP contribution in [0, 0.1) is 0 Å². The normalized spacial score (nSPS) is 17.7. The lowest BCUT2D eigenvalue weighted by molar-refractivity contribution is -0.122. The highest BCUT2D eigenvalue weighted by Crippen LogP contribution is 2.22. The third-order valence-electron chi connectivity index (χ3n) is 4.65. The SMILES string of the molecule is NCCOc1ccc(NC(=O)C2CCCCN2Cc2ccccc2)cc1. The Bertz CT molecular complexity index is 688. The van der Waals surface area contributed by atoms with Crippen LogP contribution in [0.1, 0.15) is 24.8 Å². The summed E-state index contributed by atoms with van der Waals surface area (Å²) in [6.07, 6.45) is 3.13. The van der Waals surface area contributed by atoms with Gasteiger partial charge in [-0.1, -0.05) is 36.8 Å². The highest BCUT2D eigenvalue weighted by atomic mass is 16.5. The molecule has 1 fully saturated rings. The van der Waals surface area contributed by atoms with Crippen molar-refractivity contribution in [3.05, 3.63) is 60.2 Å². The Morgan fingerprint density at radius 2 is 1.88 bits per heavy atom. The van der Waals surface area contributed by atoms with E-state index in [0.717, 1.165) is 43.8 Å². The number of nitrogens with one attached hydrogen (secondary N) is 1. The maximum absolute atomic E-state index is 12.8. The topological polar surface area (TPSA) is 67.6 Å². The van der Waals surface area contributed by atoms with Crippen LogP contribution in [0.25, 0.3) is 0 Å². The van der Waals surface area contributed by atoms with E-state index in [9.17, 15) is 4.79 Å². The highest BCUT2D eigenvalue weighted by Gasteiger charge is 2.28. The molecule has 1 amide bonds. The fraction of sp³-hybridized carbons (Fsp3) is 0.381. The van der Waals surface area contributed by atoms with Crippen molar-refractivity contribution in [3.63, 3.8) is 0 Å². The summed E-state index contributed by atoms with van der Waals surface area (Å²) in [7, 11) is 0. The molecule has 26 heavy (non-hydrogen) atoms. The van der Waals surface area contributed by atoms with Gasteiger partial charge in [0.25, 0.3) is 0 Å². The molecule has 1 unspecified atom stereocenters. The standard InChI is InChI=1S/C21H27N3O2/c22-13-15-26-19-11-9-18(10-12-19)23-21(25)20-8-4-5-14-24(20)16-17-6-2-1-3-7-17/h1-3,6-7,9-12,20H,4-5,8,13-16,22H2,(H,23,25). The molecule has 3 rings (SSSR count). The van der Waals surface area contributed by atoms with Gasteiger partial charge in [0.05, 0.1) is 6.04 Å². The third kappa shape index (κ3) is 5.07. The summed E-state index contributed by atoms with van der Waals surface area (Å²) < 4.78 is 5.47. The van der Waals surface area contributed by atoms with Crippen molar-refractivity contribution in [1.29, 1.82) is 0 Å². The highest BCUT2D eigenvalue weighted by molar-refractivity contribution is 5.94. The third-order valence-corrected chi connectivity index (χ3v) is 4.65. The lowest BCUT2D eigenvalue weighted by Crippen LogP contribution is -2.46. The number of likely N-dealkylation sites (tertiary alicyclic amines) is 1. The Labute approximate surface area is 155 Å². The van der Waals surface area contributed by atoms with Crippen LogP contribution in [0.3, 0.4) is 0 Å². The molecule has 0 aliphatic carbocycles. The summed E-state index contributed by atoms with van der Waals surface area (Å²) in [5, 5.41) is 3.05. The van der Waals surface area contributed by atoms with Crippen LogP contribution >= 0.6 is 0 Å². The molecule has 1 heterocycles. The van der Waals surface area contributed by atoms with Gasteiger partial charge in [-0.05, 0) is 49.2 Å². The van der Waals surface area contributed by atoms with E-state index in [0.29, 0.717) is 13.2 Å². The first kappa shape index (κ1) is 18.4. The van der Waals surface area contributed by atoms with E-state index in [2.05, 4.69) is 22.3 Å². The predicted molar refractivity (Wildman–Crippen MR) is 104 cm³/mol. The number of piperidine rings is 1. The van der Waals surface area contributed by atoms with Crippen molar-refractivity contribution < 1.29 is 9.53 Å². The zero-order valence-corrected chi connectivity index (χ0v) is 15.1. The molecule has 0 bridgehead atoms. The Hall–Kier alpha value is -2.37. The van der Waals surface area contributed by atoms with Crippen LogP contribution in [0.4, 0.5) is 5.69 Å². The smallest absolute Gasteiger partial charge is 0.241 e. The van der Waals surface area contributed by atoms with Gasteiger partial charge in [0.2, 0.25) is 5.91 Å². The van der Waals surface area contributed by atoms with Gasteiger partial charge in [-0.3, -0.25) is 9.69 Å². The van der Waals surface area contributed by atoms with Crippen LogP contribution < -0.4 is 15.8 Å². The Balaban J connectivity index is 1.61. The molecule has 0 radical (unpaired) electrons. The summed E-state index contributed by atoms with van der Waals surface area (Å²) in [5.41, 5.74) is 7.47. The number of nitrogens with two attached hydrogens (primary N) is 1. The van der Waals surface area contributed by atoms with Gasteiger partial charge >= 0.3 is 0 Å². The molecule has 3 N–H and O–H groups in total. The Morgan fingerprint density at radius 1 is 1.12 bits per heavy atom. The molecular weight excluding hydrogens is 326 g/mol. The quantitative estimate of drug-likeness (QED) is 0.803. The van der Waals surface area contributed by atoms with E-state index in [1.165, 1.54) is 5.56 Å². The van der Waals surface area contributed by atoms with Crippen LogP contribution in [-0.4, -0.2) is 36.5 Å². The fourth-order valence-electron chi connectivity index (χ4n) is 3.33. The van der Waals surface area contributed by atoms with Gasteiger partial charge in [0, 0.05) is 18.8 Å². The first-order chi connectivity index (χ1) is 12.8. The van der Waals surface area contributed by atoms with Gasteiger partial charge in [-0.2, -0.15) is 0 Å². The molecule has 138 valence electrons. The van der Waals surface area contributed by atoms with Crippen LogP contribution in [0.15, 0.2) is 54.6 Å². The fourth-order valence-corrected chi connectivity index (χ4v) is 3.33. The number of benzene rings is 2. The molecule has 2 aromatic carbocycles. The van der Waals surface area contributed by atoms with Gasteiger partial charge < -0.3 is 15.8 Å². The van der Waals surface area contributed by atoms with Crippen LogP contribution in [0.2, 0.25) is 0 Å². The molecule has 1 saturated heterocycles. The number of carbonyl (C=O) groups excluding carboxylic acids is 1. The Kier molecular flexibility index (Phi) is 6.63. The minimum Gasteiger partial charge on any atom is -0.492 e. The van der Waals surface area contributed by atoms with Crippen molar-refractivity contribution in [3.8, 4) is 5.75 Å². The van der Waals surface area contributed by atoms with E-state index >= 15 is 0 Å². The number of hydrogen-bond acceptors (Lipinski definition) is 4. The predicted octanol–water partition coefficient (Wildman–Crippen LogP) is 3.02. The number of anilines is 1. The molecule has 0 saturated carbocycles. The van der Waals surface area contributed by atoms with Crippen LogP contribution in [0.5, 0.6) is 5.75 Å². The lowest BCUT2D eigenvalue weighted by Gasteiger charge is -2.34. The average Bonchev–Trinajstić information content (AvgIpc) is 2.68. The van der Waals surface area contributed by atoms with Crippen molar-refractivity contribution in [2.75, 3.05) is 25.0 Å². The summed E-state index contributed by atoms with van der Waals surface area (Å²) in [6.45, 7) is 2.74. The minimum atomic E-state index is -0.0860. The maximum Gasteiger partial charge on any atom is 0.241 e. The van der Waals surface area contributed by atoms with E-state index < -0.39 is 0 Å². The van der Waals surface area contributed by atoms with Crippen LogP contribution in [-0.2, 0) is 11.3 Å². The largest absolute Gasteiger partial charge is 0.492 e. The summed E-state index contributed by atoms with van der Waals surface area (Å²) in [6, 6.07) is 17.7. The molecule has 0 aromatic heterocycles. The van der Waals surface area contributed by atoms with Gasteiger partial charge in [0.15, 0.2) is 0 Å². The second kappa shape index (κ2) is 9.36. The second-order valence-corrected chi connectivity index (χ2v) is 6.62. The number of amides is 1. The second-order valence-electron chi connectivity index (χ2n) is 6.62. The van der Waals surface area contributed by atoms with Gasteiger partial charge in [-0.25, -0.2) is 0 Å². The molecule has 1 atom stereocenters. The van der Waals surface area contributed by atoms with E-state index in [-0.39, 0.29) is 11.9 Å². The lowest BCUT2D eigenvalue weighted by atomic mass is 10.00. The molecule has 5 heteroatoms. The van der Waals surface area contributed by atoms with E-state index in [1.807, 2.05) is 42.5 Å². The average molecular weight is 353 g/mol. The minimum absolute atomic E-state index is 0.0660. The molecule has 1 aliphatic rings. The molecule has 0 spiro atoms. The maximum atomic E-state index is 12.8.